The van der Waals surface area contributed by atoms with Crippen molar-refractivity contribution in [2.75, 3.05) is 13.1 Å². The number of aromatic nitrogens is 2. The number of rotatable bonds is 7. The van der Waals surface area contributed by atoms with Gasteiger partial charge >= 0.3 is 0 Å². The summed E-state index contributed by atoms with van der Waals surface area (Å²) in [6.07, 6.45) is 2.29. The summed E-state index contributed by atoms with van der Waals surface area (Å²) >= 11 is 0. The van der Waals surface area contributed by atoms with Gasteiger partial charge in [0.05, 0.1) is 6.54 Å². The number of carbonyl (C=O) groups is 2. The highest BCUT2D eigenvalue weighted by molar-refractivity contribution is 5.94. The van der Waals surface area contributed by atoms with Crippen LogP contribution in [0, 0.1) is 0 Å². The summed E-state index contributed by atoms with van der Waals surface area (Å²) in [4.78, 5) is 26.1. The van der Waals surface area contributed by atoms with Gasteiger partial charge in [-0.25, -0.2) is 0 Å². The first-order chi connectivity index (χ1) is 11.7. The molecule has 3 rings (SSSR count). The van der Waals surface area contributed by atoms with Crippen molar-refractivity contribution in [2.24, 2.45) is 0 Å². The Morgan fingerprint density at radius 2 is 2.04 bits per heavy atom. The maximum atomic E-state index is 12.3. The molecule has 6 nitrogen and oxygen atoms in total. The molecule has 0 radical (unpaired) electrons. The summed E-state index contributed by atoms with van der Waals surface area (Å²) in [6.45, 7) is 3.04. The number of hydrogen-bond acceptors (Lipinski definition) is 3. The van der Waals surface area contributed by atoms with Gasteiger partial charge in [-0.15, -0.1) is 0 Å². The minimum Gasteiger partial charge on any atom is -0.342 e. The second-order valence-corrected chi connectivity index (χ2v) is 6.06. The number of aromatic amines is 1. The molecular formula is C18H22N4O2. The van der Waals surface area contributed by atoms with Crippen LogP contribution in [0.25, 0.3) is 0 Å². The van der Waals surface area contributed by atoms with E-state index in [1.165, 1.54) is 0 Å². The van der Waals surface area contributed by atoms with E-state index < -0.39 is 0 Å². The predicted octanol–water partition coefficient (Wildman–Crippen LogP) is 2.07. The lowest BCUT2D eigenvalue weighted by Gasteiger charge is -2.21. The zero-order valence-corrected chi connectivity index (χ0v) is 13.8. The zero-order valence-electron chi connectivity index (χ0n) is 13.8. The van der Waals surface area contributed by atoms with Gasteiger partial charge in [0.2, 0.25) is 5.91 Å². The standard InChI is InChI=1S/C18H22N4O2/c1-2-22(12-13-6-4-3-5-7-13)17(23)11-19-18(24)16-10-15(20-21-16)14-8-9-14/h3-7,10,14H,2,8-9,11-12H2,1H3,(H,19,24)(H,20,21). The molecule has 6 heteroatoms. The highest BCUT2D eigenvalue weighted by Gasteiger charge is 2.26. The van der Waals surface area contributed by atoms with Crippen LogP contribution in [0.1, 0.15) is 47.4 Å². The third-order valence-corrected chi connectivity index (χ3v) is 4.20. The van der Waals surface area contributed by atoms with Gasteiger partial charge in [-0.05, 0) is 31.4 Å². The Labute approximate surface area is 141 Å². The number of carbonyl (C=O) groups excluding carboxylic acids is 2. The van der Waals surface area contributed by atoms with E-state index in [9.17, 15) is 9.59 Å². The Kier molecular flexibility index (Phi) is 4.93. The molecule has 0 saturated heterocycles. The Bertz CT molecular complexity index is 707. The van der Waals surface area contributed by atoms with Crippen LogP contribution in [0.15, 0.2) is 36.4 Å². The van der Waals surface area contributed by atoms with Crippen molar-refractivity contribution >= 4 is 11.8 Å². The van der Waals surface area contributed by atoms with E-state index in [1.807, 2.05) is 37.3 Å². The molecule has 0 atom stereocenters. The van der Waals surface area contributed by atoms with Gasteiger partial charge in [0.1, 0.15) is 5.69 Å². The SMILES string of the molecule is CCN(Cc1ccccc1)C(=O)CNC(=O)c1cc(C2CC2)[nH]n1. The van der Waals surface area contributed by atoms with E-state index in [2.05, 4.69) is 15.5 Å². The van der Waals surface area contributed by atoms with Crippen LogP contribution in [-0.4, -0.2) is 40.0 Å². The van der Waals surface area contributed by atoms with Crippen molar-refractivity contribution in [1.82, 2.24) is 20.4 Å². The fourth-order valence-corrected chi connectivity index (χ4v) is 2.59. The van der Waals surface area contributed by atoms with Gasteiger partial charge in [0, 0.05) is 24.7 Å². The molecule has 1 aliphatic carbocycles. The predicted molar refractivity (Wildman–Crippen MR) is 90.4 cm³/mol. The molecule has 126 valence electrons. The summed E-state index contributed by atoms with van der Waals surface area (Å²) < 4.78 is 0. The average molecular weight is 326 g/mol. The Morgan fingerprint density at radius 1 is 1.29 bits per heavy atom. The molecule has 1 heterocycles. The minimum atomic E-state index is -0.317. The third kappa shape index (κ3) is 4.01. The van der Waals surface area contributed by atoms with Gasteiger partial charge in [-0.3, -0.25) is 14.7 Å². The summed E-state index contributed by atoms with van der Waals surface area (Å²) in [5.74, 6) is 0.0945. The van der Waals surface area contributed by atoms with Gasteiger partial charge in [-0.2, -0.15) is 5.10 Å². The van der Waals surface area contributed by atoms with Crippen LogP contribution in [0.4, 0.5) is 0 Å². The minimum absolute atomic E-state index is 0.0227. The molecule has 1 aromatic carbocycles. The molecule has 24 heavy (non-hydrogen) atoms. The monoisotopic (exact) mass is 326 g/mol. The van der Waals surface area contributed by atoms with Gasteiger partial charge < -0.3 is 10.2 Å². The summed E-state index contributed by atoms with van der Waals surface area (Å²) in [6, 6.07) is 11.6. The molecule has 0 aliphatic heterocycles. The highest BCUT2D eigenvalue weighted by Crippen LogP contribution is 2.38. The summed E-state index contributed by atoms with van der Waals surface area (Å²) in [5.41, 5.74) is 2.42. The van der Waals surface area contributed by atoms with Crippen LogP contribution in [0.5, 0.6) is 0 Å². The van der Waals surface area contributed by atoms with Gasteiger partial charge in [0.15, 0.2) is 0 Å². The molecule has 2 amide bonds. The first kappa shape index (κ1) is 16.2. The van der Waals surface area contributed by atoms with E-state index >= 15 is 0 Å². The lowest BCUT2D eigenvalue weighted by molar-refractivity contribution is -0.130. The average Bonchev–Trinajstić information content (AvgIpc) is 3.35. The number of benzene rings is 1. The molecule has 1 saturated carbocycles. The molecule has 1 aliphatic rings. The molecule has 0 spiro atoms. The van der Waals surface area contributed by atoms with Crippen molar-refractivity contribution in [3.05, 3.63) is 53.3 Å². The number of hydrogen-bond donors (Lipinski definition) is 2. The van der Waals surface area contributed by atoms with E-state index in [0.717, 1.165) is 24.1 Å². The second-order valence-electron chi connectivity index (χ2n) is 6.06. The molecule has 2 N–H and O–H groups in total. The van der Waals surface area contributed by atoms with Crippen LogP contribution in [-0.2, 0) is 11.3 Å². The summed E-state index contributed by atoms with van der Waals surface area (Å²) in [5, 5.41) is 9.58. The highest BCUT2D eigenvalue weighted by atomic mass is 16.2. The second kappa shape index (κ2) is 7.29. The molecule has 1 aromatic heterocycles. The van der Waals surface area contributed by atoms with Gasteiger partial charge in [0.25, 0.3) is 5.91 Å². The van der Waals surface area contributed by atoms with E-state index in [1.54, 1.807) is 11.0 Å². The van der Waals surface area contributed by atoms with Crippen molar-refractivity contribution in [3.63, 3.8) is 0 Å². The quantitative estimate of drug-likeness (QED) is 0.817. The Morgan fingerprint density at radius 3 is 2.71 bits per heavy atom. The van der Waals surface area contributed by atoms with E-state index in [-0.39, 0.29) is 18.4 Å². The Hall–Kier alpha value is -2.63. The van der Waals surface area contributed by atoms with Gasteiger partial charge in [-0.1, -0.05) is 30.3 Å². The molecule has 1 fully saturated rings. The topological polar surface area (TPSA) is 78.1 Å². The lowest BCUT2D eigenvalue weighted by Crippen LogP contribution is -2.39. The third-order valence-electron chi connectivity index (χ3n) is 4.20. The maximum Gasteiger partial charge on any atom is 0.272 e. The zero-order chi connectivity index (χ0) is 16.9. The number of H-pyrrole nitrogens is 1. The Balaban J connectivity index is 1.51. The molecular weight excluding hydrogens is 304 g/mol. The van der Waals surface area contributed by atoms with Crippen LogP contribution >= 0.6 is 0 Å². The van der Waals surface area contributed by atoms with E-state index in [4.69, 9.17) is 0 Å². The first-order valence-corrected chi connectivity index (χ1v) is 8.32. The summed E-state index contributed by atoms with van der Waals surface area (Å²) in [7, 11) is 0. The fourth-order valence-electron chi connectivity index (χ4n) is 2.59. The fraction of sp³-hybridized carbons (Fsp3) is 0.389. The number of nitrogens with zero attached hydrogens (tertiary/aromatic N) is 2. The molecule has 2 aromatic rings. The normalized spacial score (nSPS) is 13.5. The van der Waals surface area contributed by atoms with E-state index in [0.29, 0.717) is 24.7 Å². The first-order valence-electron chi connectivity index (χ1n) is 8.32. The van der Waals surface area contributed by atoms with Crippen LogP contribution in [0.2, 0.25) is 0 Å². The lowest BCUT2D eigenvalue weighted by atomic mass is 10.2. The van der Waals surface area contributed by atoms with Crippen molar-refractivity contribution < 1.29 is 9.59 Å². The number of likely N-dealkylation sites (N-methyl/N-ethyl adjacent to an activating group) is 1. The number of nitrogens with one attached hydrogen (secondary N) is 2. The van der Waals surface area contributed by atoms with Crippen molar-refractivity contribution in [2.45, 2.75) is 32.2 Å². The number of amides is 2. The molecule has 0 unspecified atom stereocenters. The van der Waals surface area contributed by atoms with Crippen molar-refractivity contribution in [3.8, 4) is 0 Å². The van der Waals surface area contributed by atoms with Crippen LogP contribution in [0.3, 0.4) is 0 Å². The maximum absolute atomic E-state index is 12.3. The van der Waals surface area contributed by atoms with Crippen molar-refractivity contribution in [1.29, 1.82) is 0 Å². The van der Waals surface area contributed by atoms with Crippen LogP contribution < -0.4 is 5.32 Å². The molecule has 0 bridgehead atoms. The largest absolute Gasteiger partial charge is 0.342 e. The smallest absolute Gasteiger partial charge is 0.272 e.